The predicted molar refractivity (Wildman–Crippen MR) is 76.3 cm³/mol. The minimum Gasteiger partial charge on any atom is -0.339 e. The van der Waals surface area contributed by atoms with Gasteiger partial charge < -0.3 is 9.84 Å². The molecule has 2 aromatic rings. The molecule has 0 aliphatic rings. The number of hydrogen-bond donors (Lipinski definition) is 1. The third-order valence-corrected chi connectivity index (χ3v) is 3.00. The maximum Gasteiger partial charge on any atom is 0.226 e. The lowest BCUT2D eigenvalue weighted by Crippen LogP contribution is -2.11. The van der Waals surface area contributed by atoms with Crippen molar-refractivity contribution in [3.63, 3.8) is 0 Å². The Labute approximate surface area is 126 Å². The van der Waals surface area contributed by atoms with Crippen LogP contribution in [-0.4, -0.2) is 16.0 Å². The monoisotopic (exact) mass is 309 g/mol. The number of nitrogens with zero attached hydrogens (tertiary/aromatic N) is 2. The van der Waals surface area contributed by atoms with Crippen LogP contribution in [0.4, 0.5) is 14.5 Å². The quantitative estimate of drug-likeness (QED) is 0.887. The molecule has 0 saturated carbocycles. The second-order valence-electron chi connectivity index (χ2n) is 5.23. The van der Waals surface area contributed by atoms with E-state index in [1.54, 1.807) is 0 Å². The molecule has 0 aliphatic carbocycles. The highest BCUT2D eigenvalue weighted by Crippen LogP contribution is 2.14. The van der Waals surface area contributed by atoms with E-state index in [0.717, 1.165) is 12.1 Å². The van der Waals surface area contributed by atoms with Crippen LogP contribution in [0.3, 0.4) is 0 Å². The number of halogens is 2. The average Bonchev–Trinajstić information content (AvgIpc) is 2.92. The maximum absolute atomic E-state index is 13.0. The second kappa shape index (κ2) is 7.11. The van der Waals surface area contributed by atoms with Crippen molar-refractivity contribution in [2.24, 2.45) is 0 Å². The summed E-state index contributed by atoms with van der Waals surface area (Å²) in [5.41, 5.74) is 0.226. The number of rotatable bonds is 6. The molecule has 0 atom stereocenters. The lowest BCUT2D eigenvalue weighted by atomic mass is 10.2. The average molecular weight is 309 g/mol. The molecule has 0 spiro atoms. The van der Waals surface area contributed by atoms with Crippen LogP contribution in [0.2, 0.25) is 0 Å². The Balaban J connectivity index is 1.78. The molecule has 0 unspecified atom stereocenters. The van der Waals surface area contributed by atoms with Crippen LogP contribution < -0.4 is 5.32 Å². The predicted octanol–water partition coefficient (Wildman–Crippen LogP) is 3.43. The van der Waals surface area contributed by atoms with Gasteiger partial charge in [0.1, 0.15) is 0 Å². The van der Waals surface area contributed by atoms with E-state index in [2.05, 4.69) is 15.5 Å². The number of aryl methyl sites for hydroxylation is 1. The lowest BCUT2D eigenvalue weighted by Gasteiger charge is -2.04. The van der Waals surface area contributed by atoms with Crippen LogP contribution >= 0.6 is 0 Å². The van der Waals surface area contributed by atoms with E-state index < -0.39 is 11.6 Å². The van der Waals surface area contributed by atoms with E-state index in [0.29, 0.717) is 24.6 Å². The van der Waals surface area contributed by atoms with Gasteiger partial charge in [0.2, 0.25) is 11.8 Å². The Morgan fingerprint density at radius 3 is 2.73 bits per heavy atom. The minimum atomic E-state index is -0.995. The van der Waals surface area contributed by atoms with E-state index in [9.17, 15) is 13.6 Å². The summed E-state index contributed by atoms with van der Waals surface area (Å²) in [6.07, 6.45) is 1.23. The van der Waals surface area contributed by atoms with Crippen LogP contribution in [0.1, 0.15) is 44.3 Å². The van der Waals surface area contributed by atoms with Crippen molar-refractivity contribution in [3.8, 4) is 0 Å². The fraction of sp³-hybridized carbons (Fsp3) is 0.400. The van der Waals surface area contributed by atoms with Gasteiger partial charge in [0.15, 0.2) is 17.5 Å². The summed E-state index contributed by atoms with van der Waals surface area (Å²) in [4.78, 5) is 15.9. The highest BCUT2D eigenvalue weighted by atomic mass is 19.2. The number of amides is 1. The zero-order valence-corrected chi connectivity index (χ0v) is 12.4. The van der Waals surface area contributed by atoms with Crippen molar-refractivity contribution >= 4 is 11.6 Å². The van der Waals surface area contributed by atoms with E-state index in [1.165, 1.54) is 6.07 Å². The molecule has 0 aliphatic heterocycles. The normalized spacial score (nSPS) is 11.0. The van der Waals surface area contributed by atoms with Crippen LogP contribution in [0.25, 0.3) is 0 Å². The fourth-order valence-corrected chi connectivity index (χ4v) is 1.80. The largest absolute Gasteiger partial charge is 0.339 e. The van der Waals surface area contributed by atoms with Crippen LogP contribution in [0.15, 0.2) is 22.7 Å². The molecular weight excluding hydrogens is 292 g/mol. The lowest BCUT2D eigenvalue weighted by molar-refractivity contribution is -0.116. The Kier molecular flexibility index (Phi) is 5.19. The number of nitrogens with one attached hydrogen (secondary N) is 1. The number of carbonyl (C=O) groups is 1. The van der Waals surface area contributed by atoms with Gasteiger partial charge in [-0.25, -0.2) is 8.78 Å². The summed E-state index contributed by atoms with van der Waals surface area (Å²) in [7, 11) is 0. The summed E-state index contributed by atoms with van der Waals surface area (Å²) >= 11 is 0. The molecule has 0 saturated heterocycles. The number of aromatic nitrogens is 2. The van der Waals surface area contributed by atoms with Gasteiger partial charge in [-0.3, -0.25) is 4.79 Å². The summed E-state index contributed by atoms with van der Waals surface area (Å²) in [5, 5.41) is 6.34. The molecule has 5 nitrogen and oxygen atoms in total. The van der Waals surface area contributed by atoms with Crippen LogP contribution in [0.5, 0.6) is 0 Å². The number of hydrogen-bond acceptors (Lipinski definition) is 4. The van der Waals surface area contributed by atoms with Gasteiger partial charge in [-0.1, -0.05) is 19.0 Å². The van der Waals surface area contributed by atoms with Crippen molar-refractivity contribution in [2.75, 3.05) is 5.32 Å². The molecule has 0 fully saturated rings. The SMILES string of the molecule is CC(C)c1noc(CCCC(=O)Nc2ccc(F)c(F)c2)n1. The minimum absolute atomic E-state index is 0.189. The van der Waals surface area contributed by atoms with Crippen LogP contribution in [0, 0.1) is 11.6 Å². The number of anilines is 1. The third kappa shape index (κ3) is 4.34. The molecule has 118 valence electrons. The Hall–Kier alpha value is -2.31. The molecule has 1 N–H and O–H groups in total. The van der Waals surface area contributed by atoms with E-state index in [1.807, 2.05) is 13.8 Å². The maximum atomic E-state index is 13.0. The summed E-state index contributed by atoms with van der Waals surface area (Å²) < 4.78 is 30.9. The Morgan fingerprint density at radius 2 is 2.09 bits per heavy atom. The number of benzene rings is 1. The van der Waals surface area contributed by atoms with Crippen molar-refractivity contribution < 1.29 is 18.1 Å². The standard InChI is InChI=1S/C15H17F2N3O2/c1-9(2)15-19-14(22-20-15)5-3-4-13(21)18-10-6-7-11(16)12(17)8-10/h6-9H,3-5H2,1-2H3,(H,18,21). The first kappa shape index (κ1) is 16.1. The van der Waals surface area contributed by atoms with Crippen molar-refractivity contribution in [1.82, 2.24) is 10.1 Å². The van der Waals surface area contributed by atoms with Crippen LogP contribution in [-0.2, 0) is 11.2 Å². The second-order valence-corrected chi connectivity index (χ2v) is 5.23. The Bertz CT molecular complexity index is 656. The first-order valence-electron chi connectivity index (χ1n) is 7.03. The fourth-order valence-electron chi connectivity index (χ4n) is 1.80. The molecule has 0 radical (unpaired) electrons. The molecule has 7 heteroatoms. The Morgan fingerprint density at radius 1 is 1.32 bits per heavy atom. The van der Waals surface area contributed by atoms with Gasteiger partial charge >= 0.3 is 0 Å². The van der Waals surface area contributed by atoms with E-state index in [-0.39, 0.29) is 23.9 Å². The van der Waals surface area contributed by atoms with E-state index in [4.69, 9.17) is 4.52 Å². The van der Waals surface area contributed by atoms with Gasteiger partial charge in [-0.05, 0) is 18.6 Å². The first-order chi connectivity index (χ1) is 10.5. The molecule has 1 heterocycles. The molecular formula is C15H17F2N3O2. The van der Waals surface area contributed by atoms with Gasteiger partial charge in [0.25, 0.3) is 0 Å². The van der Waals surface area contributed by atoms with Gasteiger partial charge in [0, 0.05) is 30.5 Å². The third-order valence-electron chi connectivity index (χ3n) is 3.00. The highest BCUT2D eigenvalue weighted by Gasteiger charge is 2.11. The molecule has 2 rings (SSSR count). The van der Waals surface area contributed by atoms with Gasteiger partial charge in [-0.15, -0.1) is 0 Å². The molecule has 22 heavy (non-hydrogen) atoms. The summed E-state index contributed by atoms with van der Waals surface area (Å²) in [6, 6.07) is 3.22. The molecule has 1 amide bonds. The first-order valence-corrected chi connectivity index (χ1v) is 7.03. The highest BCUT2D eigenvalue weighted by molar-refractivity contribution is 5.90. The molecule has 1 aromatic heterocycles. The zero-order valence-electron chi connectivity index (χ0n) is 12.4. The smallest absolute Gasteiger partial charge is 0.226 e. The van der Waals surface area contributed by atoms with Crippen molar-refractivity contribution in [2.45, 2.75) is 39.0 Å². The molecule has 1 aromatic carbocycles. The van der Waals surface area contributed by atoms with E-state index >= 15 is 0 Å². The topological polar surface area (TPSA) is 68.0 Å². The van der Waals surface area contributed by atoms with Gasteiger partial charge in [-0.2, -0.15) is 4.98 Å². The zero-order chi connectivity index (χ0) is 16.1. The van der Waals surface area contributed by atoms with Gasteiger partial charge in [0.05, 0.1) is 0 Å². The van der Waals surface area contributed by atoms with Crippen molar-refractivity contribution in [3.05, 3.63) is 41.5 Å². The van der Waals surface area contributed by atoms with Crippen molar-refractivity contribution in [1.29, 1.82) is 0 Å². The summed E-state index contributed by atoms with van der Waals surface area (Å²) in [5.74, 6) is -0.908. The summed E-state index contributed by atoms with van der Waals surface area (Å²) in [6.45, 7) is 3.92. The molecule has 0 bridgehead atoms. The number of carbonyl (C=O) groups excluding carboxylic acids is 1.